The monoisotopic (exact) mass is 254 g/mol. The van der Waals surface area contributed by atoms with Gasteiger partial charge in [-0.25, -0.2) is 0 Å². The van der Waals surface area contributed by atoms with Crippen molar-refractivity contribution in [3.05, 3.63) is 0 Å². The van der Waals surface area contributed by atoms with Gasteiger partial charge in [-0.05, 0) is 0 Å². The molecule has 0 fully saturated rings. The quantitative estimate of drug-likeness (QED) is 0.501. The first kappa shape index (κ1) is 10.5. The topological polar surface area (TPSA) is 26.0 Å². The zero-order valence-corrected chi connectivity index (χ0v) is 9.62. The van der Waals surface area contributed by atoms with Gasteiger partial charge < -0.3 is 0 Å². The summed E-state index contributed by atoms with van der Waals surface area (Å²) in [6.07, 6.45) is 0. The van der Waals surface area contributed by atoms with Crippen LogP contribution in [0.25, 0.3) is 0 Å². The van der Waals surface area contributed by atoms with Crippen molar-refractivity contribution in [3.63, 3.8) is 0 Å². The van der Waals surface area contributed by atoms with E-state index in [0.29, 0.717) is 4.32 Å². The summed E-state index contributed by atoms with van der Waals surface area (Å²) in [6, 6.07) is 0. The minimum absolute atomic E-state index is 0. The fraction of sp³-hybridized carbons (Fsp3) is 0. The van der Waals surface area contributed by atoms with Crippen molar-refractivity contribution in [2.75, 3.05) is 0 Å². The smallest absolute Gasteiger partial charge is 0 e. The molecule has 0 aliphatic rings. The second kappa shape index (κ2) is 6.55. The van der Waals surface area contributed by atoms with Crippen LogP contribution in [0.4, 0.5) is 0 Å². The molecular weight excluding hydrogens is 251 g/mol. The van der Waals surface area contributed by atoms with E-state index < -0.39 is 0 Å². The molecule has 0 aliphatic heterocycles. The maximum atomic E-state index is 4.99. The Morgan fingerprint density at radius 2 is 2.00 bits per heavy atom. The second-order valence-electron chi connectivity index (χ2n) is 0.402. The third kappa shape index (κ3) is 9.12. The van der Waals surface area contributed by atoms with Crippen molar-refractivity contribution in [1.29, 1.82) is 0 Å². The van der Waals surface area contributed by atoms with E-state index in [1.807, 2.05) is 0 Å². The van der Waals surface area contributed by atoms with Crippen molar-refractivity contribution in [3.8, 4) is 0 Å². The van der Waals surface area contributed by atoms with Crippen LogP contribution in [-0.2, 0) is 38.0 Å². The fourth-order valence-corrected chi connectivity index (χ4v) is 0. The van der Waals surface area contributed by atoms with Gasteiger partial charge >= 0.3 is 50.3 Å². The minimum Gasteiger partial charge on any atom is 0 e. The largest absolute Gasteiger partial charge is 0 e. The first-order valence-electron chi connectivity index (χ1n) is 0.864. The predicted octanol–water partition coefficient (Wildman–Crippen LogP) is 0.423. The van der Waals surface area contributed by atoms with Crippen molar-refractivity contribution in [2.24, 2.45) is 5.73 Å². The van der Waals surface area contributed by atoms with Crippen LogP contribution in [0, 0.1) is 0 Å². The van der Waals surface area contributed by atoms with E-state index in [2.05, 4.69) is 12.2 Å². The van der Waals surface area contributed by atoms with Crippen molar-refractivity contribution in [1.82, 2.24) is 0 Å². The Balaban J connectivity index is 0. The molecule has 0 aromatic carbocycles. The Labute approximate surface area is 69.2 Å². The second-order valence-corrected chi connectivity index (χ2v) is 2.94. The van der Waals surface area contributed by atoms with Crippen LogP contribution in [0.3, 0.4) is 0 Å². The van der Waals surface area contributed by atoms with Gasteiger partial charge in [0.25, 0.3) is 0 Å². The third-order valence-electron chi connectivity index (χ3n) is 0.0821. The van der Waals surface area contributed by atoms with Crippen LogP contribution in [-0.4, -0.2) is 4.32 Å². The molecule has 0 amide bonds. The Bertz CT molecular complexity index is 48.8. The van der Waals surface area contributed by atoms with Gasteiger partial charge in [0, 0.05) is 19.5 Å². The molecule has 0 aromatic rings. The summed E-state index contributed by atoms with van der Waals surface area (Å²) >= 11 is 6.23. The molecule has 0 saturated heterocycles. The van der Waals surface area contributed by atoms with Crippen LogP contribution in [0.15, 0.2) is 0 Å². The van der Waals surface area contributed by atoms with Crippen LogP contribution in [0.5, 0.6) is 0 Å². The van der Waals surface area contributed by atoms with Crippen LogP contribution >= 0.6 is 21.7 Å². The van der Waals surface area contributed by atoms with Crippen molar-refractivity contribution in [2.45, 2.75) is 0 Å². The van der Waals surface area contributed by atoms with Gasteiger partial charge in [-0.15, -0.1) is 0 Å². The van der Waals surface area contributed by atoms with E-state index in [0.717, 1.165) is 0 Å². The van der Waals surface area contributed by atoms with E-state index >= 15 is 0 Å². The molecule has 0 bridgehead atoms. The van der Waals surface area contributed by atoms with Crippen LogP contribution < -0.4 is 5.73 Å². The van der Waals surface area contributed by atoms with Gasteiger partial charge in [-0.3, -0.25) is 0 Å². The summed E-state index contributed by atoms with van der Waals surface area (Å²) < 4.78 is 0.509. The van der Waals surface area contributed by atoms with Gasteiger partial charge in [-0.2, -0.15) is 0 Å². The van der Waals surface area contributed by atoms with Crippen molar-refractivity contribution < 1.29 is 38.0 Å². The average Bonchev–Trinajstić information content (AvgIpc) is 1.38. The molecule has 0 aromatic heterocycles. The molecule has 0 unspecified atom stereocenters. The number of rotatable bonds is 0. The number of nitrogens with two attached hydrogens (primary N) is 1. The standard InChI is InChI=1S/CH3NS2.Mo.Zn/c2-1(3)4;;/h(H3,2,3,4);;/q;+1;/p-1. The molecular formula is CH2MoNS2Zn. The molecule has 0 spiro atoms. The summed E-state index contributed by atoms with van der Waals surface area (Å²) in [5.74, 6) is 0. The Hall–Kier alpha value is 1.55. The first-order chi connectivity index (χ1) is 2.27. The van der Waals surface area contributed by atoms with Crippen molar-refractivity contribution >= 4 is 26.0 Å². The minimum atomic E-state index is 0. The molecule has 31 valence electrons. The maximum Gasteiger partial charge on any atom is 0 e. The zero-order valence-electron chi connectivity index (χ0n) is 3.01. The first-order valence-corrected chi connectivity index (χ1v) is 4.47. The SMILES string of the molecule is NC(=S)[S][Mo].[Zn]. The van der Waals surface area contributed by atoms with Gasteiger partial charge in [-0.1, -0.05) is 0 Å². The molecule has 6 heavy (non-hydrogen) atoms. The van der Waals surface area contributed by atoms with E-state index in [4.69, 9.17) is 5.73 Å². The van der Waals surface area contributed by atoms with E-state index in [9.17, 15) is 0 Å². The summed E-state index contributed by atoms with van der Waals surface area (Å²) in [6.45, 7) is 0. The van der Waals surface area contributed by atoms with Crippen LogP contribution in [0.2, 0.25) is 0 Å². The molecule has 5 heteroatoms. The number of thiocarbonyl (C=S) groups is 1. The van der Waals surface area contributed by atoms with Gasteiger partial charge in [0.1, 0.15) is 0 Å². The van der Waals surface area contributed by atoms with E-state index in [1.165, 1.54) is 9.47 Å². The summed E-state index contributed by atoms with van der Waals surface area (Å²) in [5, 5.41) is 0. The predicted molar refractivity (Wildman–Crippen MR) is 24.4 cm³/mol. The summed E-state index contributed by atoms with van der Waals surface area (Å²) in [5.41, 5.74) is 4.99. The number of hydrogen-bond donors (Lipinski definition) is 1. The molecule has 2 N–H and O–H groups in total. The van der Waals surface area contributed by atoms with E-state index in [-0.39, 0.29) is 19.5 Å². The number of hydrogen-bond acceptors (Lipinski definition) is 2. The summed E-state index contributed by atoms with van der Waals surface area (Å²) in [7, 11) is 1.40. The molecule has 0 aliphatic carbocycles. The van der Waals surface area contributed by atoms with Gasteiger partial charge in [0.15, 0.2) is 0 Å². The zero-order chi connectivity index (χ0) is 4.28. The van der Waals surface area contributed by atoms with Gasteiger partial charge in [0.05, 0.1) is 0 Å². The molecule has 0 heterocycles. The summed E-state index contributed by atoms with van der Waals surface area (Å²) in [4.78, 5) is 0. The molecule has 0 saturated carbocycles. The maximum absolute atomic E-state index is 4.99. The van der Waals surface area contributed by atoms with Gasteiger partial charge in [0.2, 0.25) is 0 Å². The normalized spacial score (nSPS) is 6.00. The van der Waals surface area contributed by atoms with E-state index in [1.54, 1.807) is 18.5 Å². The molecule has 1 nitrogen and oxygen atoms in total. The Morgan fingerprint density at radius 3 is 2.00 bits per heavy atom. The molecule has 0 rings (SSSR count). The molecule has 0 atom stereocenters. The average molecular weight is 253 g/mol. The van der Waals surface area contributed by atoms with Crippen LogP contribution in [0.1, 0.15) is 0 Å². The third-order valence-corrected chi connectivity index (χ3v) is 2.67. The molecule has 0 radical (unpaired) electrons. The Morgan fingerprint density at radius 1 is 1.83 bits per heavy atom. The fourth-order valence-electron chi connectivity index (χ4n) is 0. The Kier molecular flexibility index (Phi) is 11.5.